The van der Waals surface area contributed by atoms with E-state index in [9.17, 15) is 4.79 Å². The lowest BCUT2D eigenvalue weighted by Gasteiger charge is -2.06. The predicted molar refractivity (Wildman–Crippen MR) is 86.3 cm³/mol. The van der Waals surface area contributed by atoms with Gasteiger partial charge in [-0.1, -0.05) is 6.08 Å². The van der Waals surface area contributed by atoms with E-state index >= 15 is 0 Å². The van der Waals surface area contributed by atoms with Crippen molar-refractivity contribution in [3.05, 3.63) is 30.1 Å². The molecule has 1 unspecified atom stereocenters. The van der Waals surface area contributed by atoms with Gasteiger partial charge in [-0.15, -0.1) is 18.9 Å². The summed E-state index contributed by atoms with van der Waals surface area (Å²) in [5.74, 6) is 2.60. The second-order valence-electron chi connectivity index (χ2n) is 5.55. The van der Waals surface area contributed by atoms with Crippen molar-refractivity contribution in [1.29, 1.82) is 0 Å². The number of terminal acetylenes is 1. The highest BCUT2D eigenvalue weighted by atomic mass is 16.1. The molecule has 0 saturated heterocycles. The van der Waals surface area contributed by atoms with Crippen LogP contribution in [0.4, 0.5) is 5.69 Å². The van der Waals surface area contributed by atoms with Gasteiger partial charge in [0.25, 0.3) is 0 Å². The number of nitrogens with two attached hydrogens (primary N) is 1. The van der Waals surface area contributed by atoms with Gasteiger partial charge in [0.05, 0.1) is 28.5 Å². The first-order valence-electron chi connectivity index (χ1n) is 7.39. The highest BCUT2D eigenvalue weighted by Crippen LogP contribution is 2.35. The quantitative estimate of drug-likeness (QED) is 0.522. The minimum Gasteiger partial charge on any atom is -0.397 e. The number of allylic oxidation sites excluding steroid dienone is 1. The maximum Gasteiger partial charge on any atom is 0.170 e. The number of unbranched alkanes of at least 4 members (excludes halogenated alkanes) is 1. The third-order valence-electron chi connectivity index (χ3n) is 4.10. The van der Waals surface area contributed by atoms with Crippen LogP contribution >= 0.6 is 0 Å². The lowest BCUT2D eigenvalue weighted by molar-refractivity contribution is 0.0938. The molecular formula is C17H18N4O. The van der Waals surface area contributed by atoms with Crippen molar-refractivity contribution in [2.45, 2.75) is 32.2 Å². The second-order valence-corrected chi connectivity index (χ2v) is 5.55. The molecule has 0 spiro atoms. The van der Waals surface area contributed by atoms with Gasteiger partial charge in [0.1, 0.15) is 0 Å². The summed E-state index contributed by atoms with van der Waals surface area (Å²) in [7, 11) is 0. The first-order valence-corrected chi connectivity index (χ1v) is 7.39. The number of nitrogens with zero attached hydrogens (tertiary/aromatic N) is 3. The number of nitrogen functional groups attached to an aromatic ring is 1. The fraction of sp³-hybridized carbons (Fsp3) is 0.353. The number of hydrogen-bond donors (Lipinski definition) is 1. The zero-order valence-corrected chi connectivity index (χ0v) is 12.4. The van der Waals surface area contributed by atoms with Crippen LogP contribution in [0.1, 0.15) is 35.3 Å². The zero-order valence-electron chi connectivity index (χ0n) is 12.4. The maximum absolute atomic E-state index is 12.5. The summed E-state index contributed by atoms with van der Waals surface area (Å²) >= 11 is 0. The SMILES string of the molecule is C#CCCCn1ncc2c(N)c3c(nc21)CC(CC=C)C3=O. The van der Waals surface area contributed by atoms with E-state index in [1.165, 1.54) is 0 Å². The first kappa shape index (κ1) is 14.3. The Labute approximate surface area is 129 Å². The minimum atomic E-state index is -0.0864. The van der Waals surface area contributed by atoms with Crippen LogP contribution in [0.5, 0.6) is 0 Å². The van der Waals surface area contributed by atoms with Gasteiger partial charge >= 0.3 is 0 Å². The molecule has 5 heteroatoms. The van der Waals surface area contributed by atoms with Crippen molar-refractivity contribution in [3.8, 4) is 12.3 Å². The summed E-state index contributed by atoms with van der Waals surface area (Å²) in [6.45, 7) is 4.41. The van der Waals surface area contributed by atoms with E-state index in [-0.39, 0.29) is 11.7 Å². The molecule has 0 fully saturated rings. The number of Topliss-reactive ketones (excluding diaryl/α,β-unsaturated/α-hetero) is 1. The van der Waals surface area contributed by atoms with Gasteiger partial charge in [-0.05, 0) is 12.8 Å². The Hall–Kier alpha value is -2.61. The number of fused-ring (bicyclic) bond motifs is 2. The third kappa shape index (κ3) is 2.17. The number of aryl methyl sites for hydroxylation is 1. The second kappa shape index (κ2) is 5.64. The number of carbonyl (C=O) groups excluding carboxylic acids is 1. The number of anilines is 1. The van der Waals surface area contributed by atoms with Crippen molar-refractivity contribution < 1.29 is 4.79 Å². The summed E-state index contributed by atoms with van der Waals surface area (Å²) in [6, 6.07) is 0. The summed E-state index contributed by atoms with van der Waals surface area (Å²) in [5, 5.41) is 5.07. The maximum atomic E-state index is 12.5. The molecule has 0 amide bonds. The van der Waals surface area contributed by atoms with Crippen molar-refractivity contribution in [1.82, 2.24) is 14.8 Å². The summed E-state index contributed by atoms with van der Waals surface area (Å²) in [6.07, 6.45) is 11.5. The standard InChI is InChI=1S/C17H18N4O/c1-3-5-6-8-21-17-12(10-19-21)15(18)14-13(20-17)9-11(7-4-2)16(14)22/h1,4,10-11H,2,5-9H2,(H2,18,20). The van der Waals surface area contributed by atoms with Crippen LogP contribution in [0, 0.1) is 18.3 Å². The number of pyridine rings is 1. The van der Waals surface area contributed by atoms with E-state index in [0.717, 1.165) is 23.1 Å². The molecule has 22 heavy (non-hydrogen) atoms. The van der Waals surface area contributed by atoms with E-state index in [0.29, 0.717) is 37.1 Å². The summed E-state index contributed by atoms with van der Waals surface area (Å²) in [4.78, 5) is 17.1. The fourth-order valence-electron chi connectivity index (χ4n) is 3.00. The topological polar surface area (TPSA) is 73.8 Å². The molecule has 1 atom stereocenters. The fourth-order valence-corrected chi connectivity index (χ4v) is 3.00. The molecule has 2 heterocycles. The van der Waals surface area contributed by atoms with Crippen LogP contribution in [-0.2, 0) is 13.0 Å². The lowest BCUT2D eigenvalue weighted by Crippen LogP contribution is -2.09. The van der Waals surface area contributed by atoms with Gasteiger partial charge in [-0.25, -0.2) is 9.67 Å². The molecule has 5 nitrogen and oxygen atoms in total. The van der Waals surface area contributed by atoms with E-state index in [1.807, 2.05) is 4.68 Å². The largest absolute Gasteiger partial charge is 0.397 e. The average Bonchev–Trinajstić information content (AvgIpc) is 3.03. The van der Waals surface area contributed by atoms with Crippen LogP contribution in [-0.4, -0.2) is 20.5 Å². The molecule has 2 aromatic heterocycles. The smallest absolute Gasteiger partial charge is 0.170 e. The van der Waals surface area contributed by atoms with Gasteiger partial charge < -0.3 is 5.73 Å². The Kier molecular flexibility index (Phi) is 3.68. The zero-order chi connectivity index (χ0) is 15.7. The molecule has 1 aliphatic carbocycles. The average molecular weight is 294 g/mol. The van der Waals surface area contributed by atoms with Crippen LogP contribution in [0.25, 0.3) is 11.0 Å². The Morgan fingerprint density at radius 2 is 2.41 bits per heavy atom. The van der Waals surface area contributed by atoms with Crippen molar-refractivity contribution in [2.24, 2.45) is 5.92 Å². The monoisotopic (exact) mass is 294 g/mol. The number of ketones is 1. The van der Waals surface area contributed by atoms with E-state index < -0.39 is 0 Å². The highest BCUT2D eigenvalue weighted by molar-refractivity contribution is 6.11. The number of rotatable bonds is 5. The van der Waals surface area contributed by atoms with Gasteiger partial charge in [0.15, 0.2) is 11.4 Å². The molecule has 2 N–H and O–H groups in total. The molecule has 1 aliphatic rings. The van der Waals surface area contributed by atoms with Gasteiger partial charge in [0.2, 0.25) is 0 Å². The van der Waals surface area contributed by atoms with E-state index in [1.54, 1.807) is 12.3 Å². The van der Waals surface area contributed by atoms with Crippen LogP contribution < -0.4 is 5.73 Å². The molecule has 112 valence electrons. The van der Waals surface area contributed by atoms with Gasteiger partial charge in [-0.2, -0.15) is 5.10 Å². The lowest BCUT2D eigenvalue weighted by atomic mass is 10.0. The van der Waals surface area contributed by atoms with Crippen molar-refractivity contribution >= 4 is 22.5 Å². The normalized spacial score (nSPS) is 16.7. The number of hydrogen-bond acceptors (Lipinski definition) is 4. The minimum absolute atomic E-state index is 0.0712. The van der Waals surface area contributed by atoms with Crippen LogP contribution in [0.15, 0.2) is 18.9 Å². The van der Waals surface area contributed by atoms with Crippen LogP contribution in [0.3, 0.4) is 0 Å². The Bertz CT molecular complexity index is 797. The van der Waals surface area contributed by atoms with Gasteiger partial charge in [0, 0.05) is 25.3 Å². The molecular weight excluding hydrogens is 276 g/mol. The predicted octanol–water partition coefficient (Wildman–Crippen LogP) is 2.36. The molecule has 0 radical (unpaired) electrons. The Morgan fingerprint density at radius 3 is 3.14 bits per heavy atom. The van der Waals surface area contributed by atoms with E-state index in [4.69, 9.17) is 12.2 Å². The Balaban J connectivity index is 2.02. The van der Waals surface area contributed by atoms with E-state index in [2.05, 4.69) is 22.6 Å². The Morgan fingerprint density at radius 1 is 1.59 bits per heavy atom. The van der Waals surface area contributed by atoms with Crippen molar-refractivity contribution in [3.63, 3.8) is 0 Å². The molecule has 0 aliphatic heterocycles. The third-order valence-corrected chi connectivity index (χ3v) is 4.10. The molecule has 2 aromatic rings. The number of aromatic nitrogens is 3. The van der Waals surface area contributed by atoms with Gasteiger partial charge in [-0.3, -0.25) is 4.79 Å². The number of carbonyl (C=O) groups is 1. The first-order chi connectivity index (χ1) is 10.7. The highest BCUT2D eigenvalue weighted by Gasteiger charge is 2.34. The molecule has 3 rings (SSSR count). The van der Waals surface area contributed by atoms with Crippen LogP contribution in [0.2, 0.25) is 0 Å². The molecule has 0 aromatic carbocycles. The molecule has 0 saturated carbocycles. The van der Waals surface area contributed by atoms with Crippen molar-refractivity contribution in [2.75, 3.05) is 5.73 Å². The summed E-state index contributed by atoms with van der Waals surface area (Å²) in [5.41, 5.74) is 8.80. The summed E-state index contributed by atoms with van der Waals surface area (Å²) < 4.78 is 1.81. The molecule has 0 bridgehead atoms.